The lowest BCUT2D eigenvalue weighted by Crippen LogP contribution is -2.30. The zero-order chi connectivity index (χ0) is 8.85. The molecule has 0 aromatic carbocycles. The highest BCUT2D eigenvalue weighted by Crippen LogP contribution is 2.15. The van der Waals surface area contributed by atoms with E-state index in [4.69, 9.17) is 0 Å². The Morgan fingerprint density at radius 1 is 1.55 bits per heavy atom. The second-order valence-electron chi connectivity index (χ2n) is 2.53. The van der Waals surface area contributed by atoms with Crippen LogP contribution < -0.4 is 0 Å². The molecule has 3 atom stereocenters. The predicted molar refractivity (Wildman–Crippen MR) is 49.8 cm³/mol. The quantitative estimate of drug-likeness (QED) is 0.547. The maximum absolute atomic E-state index is 9.36. The van der Waals surface area contributed by atoms with E-state index in [1.165, 1.54) is 6.08 Å². The number of aliphatic hydroxyl groups excluding tert-OH is 2. The number of hydrogen-bond acceptors (Lipinski definition) is 2. The monoisotopic (exact) mass is 222 g/mol. The fourth-order valence-corrected chi connectivity index (χ4v) is 1.29. The van der Waals surface area contributed by atoms with E-state index in [0.717, 1.165) is 6.42 Å². The molecule has 0 rings (SSSR count). The molecule has 0 bridgehead atoms. The SMILES string of the molecule is C=C[C@H](O)[C@@H](Br)[C@@H](O)CCC. The molecule has 0 fully saturated rings. The zero-order valence-electron chi connectivity index (χ0n) is 6.70. The Morgan fingerprint density at radius 3 is 2.45 bits per heavy atom. The highest BCUT2D eigenvalue weighted by molar-refractivity contribution is 9.09. The molecule has 0 aromatic heterocycles. The summed E-state index contributed by atoms with van der Waals surface area (Å²) in [5, 5.41) is 18.6. The van der Waals surface area contributed by atoms with Gasteiger partial charge in [-0.25, -0.2) is 0 Å². The molecule has 2 nitrogen and oxygen atoms in total. The molecule has 0 aliphatic heterocycles. The Balaban J connectivity index is 3.79. The van der Waals surface area contributed by atoms with Crippen LogP contribution in [0, 0.1) is 0 Å². The van der Waals surface area contributed by atoms with Crippen molar-refractivity contribution >= 4 is 15.9 Å². The van der Waals surface area contributed by atoms with Gasteiger partial charge in [0, 0.05) is 0 Å². The standard InChI is InChI=1S/C8H15BrO2/c1-3-5-7(11)8(9)6(10)4-2/h4,6-8,10-11H,2-3,5H2,1H3/t6-,7-,8+/m0/s1. The van der Waals surface area contributed by atoms with Crippen molar-refractivity contribution in [2.24, 2.45) is 0 Å². The number of rotatable bonds is 5. The summed E-state index contributed by atoms with van der Waals surface area (Å²) in [4.78, 5) is -0.292. The highest BCUT2D eigenvalue weighted by Gasteiger charge is 2.20. The van der Waals surface area contributed by atoms with Crippen LogP contribution in [0.1, 0.15) is 19.8 Å². The minimum atomic E-state index is -0.670. The first-order valence-corrected chi connectivity index (χ1v) is 4.67. The van der Waals surface area contributed by atoms with Gasteiger partial charge in [0.2, 0.25) is 0 Å². The van der Waals surface area contributed by atoms with Crippen LogP contribution in [-0.2, 0) is 0 Å². The van der Waals surface area contributed by atoms with Crippen molar-refractivity contribution in [2.75, 3.05) is 0 Å². The van der Waals surface area contributed by atoms with E-state index in [0.29, 0.717) is 6.42 Å². The average Bonchev–Trinajstić information content (AvgIpc) is 2.02. The van der Waals surface area contributed by atoms with Crippen molar-refractivity contribution in [2.45, 2.75) is 36.8 Å². The van der Waals surface area contributed by atoms with Crippen molar-refractivity contribution in [3.8, 4) is 0 Å². The fraction of sp³-hybridized carbons (Fsp3) is 0.750. The Labute approximate surface area is 76.1 Å². The third-order valence-corrected chi connectivity index (χ3v) is 2.67. The molecule has 0 aliphatic rings. The highest BCUT2D eigenvalue weighted by atomic mass is 79.9. The van der Waals surface area contributed by atoms with Crippen molar-refractivity contribution in [3.63, 3.8) is 0 Å². The van der Waals surface area contributed by atoms with E-state index in [2.05, 4.69) is 22.5 Å². The summed E-state index contributed by atoms with van der Waals surface area (Å²) in [5.74, 6) is 0. The molecule has 2 N–H and O–H groups in total. The lowest BCUT2D eigenvalue weighted by Gasteiger charge is -2.19. The van der Waals surface area contributed by atoms with Gasteiger partial charge in [-0.1, -0.05) is 35.4 Å². The predicted octanol–water partition coefficient (Wildman–Crippen LogP) is 1.46. The lowest BCUT2D eigenvalue weighted by atomic mass is 10.1. The zero-order valence-corrected chi connectivity index (χ0v) is 8.29. The molecule has 3 heteroatoms. The summed E-state index contributed by atoms with van der Waals surface area (Å²) < 4.78 is 0. The number of hydrogen-bond donors (Lipinski definition) is 2. The second kappa shape index (κ2) is 5.75. The Hall–Kier alpha value is 0.140. The van der Waals surface area contributed by atoms with E-state index in [1.54, 1.807) is 0 Å². The molecule has 0 heterocycles. The smallest absolute Gasteiger partial charge is 0.0868 e. The van der Waals surface area contributed by atoms with Crippen LogP contribution in [0.15, 0.2) is 12.7 Å². The number of aliphatic hydroxyl groups is 2. The summed E-state index contributed by atoms with van der Waals surface area (Å²) in [6.07, 6.45) is 1.86. The van der Waals surface area contributed by atoms with E-state index >= 15 is 0 Å². The van der Waals surface area contributed by atoms with Crippen molar-refractivity contribution in [1.82, 2.24) is 0 Å². The third-order valence-electron chi connectivity index (χ3n) is 1.52. The van der Waals surface area contributed by atoms with E-state index < -0.39 is 12.2 Å². The summed E-state index contributed by atoms with van der Waals surface area (Å²) in [6.45, 7) is 5.42. The summed E-state index contributed by atoms with van der Waals surface area (Å²) in [7, 11) is 0. The third kappa shape index (κ3) is 3.89. The molecule has 0 unspecified atom stereocenters. The molecule has 11 heavy (non-hydrogen) atoms. The summed E-state index contributed by atoms with van der Waals surface area (Å²) in [5.41, 5.74) is 0. The Kier molecular flexibility index (Phi) is 5.82. The van der Waals surface area contributed by atoms with Gasteiger partial charge in [-0.05, 0) is 6.42 Å². The number of halogens is 1. The molecule has 0 saturated heterocycles. The van der Waals surface area contributed by atoms with Crippen molar-refractivity contribution in [3.05, 3.63) is 12.7 Å². The van der Waals surface area contributed by atoms with Gasteiger partial charge in [0.25, 0.3) is 0 Å². The molecular weight excluding hydrogens is 208 g/mol. The Bertz CT molecular complexity index is 117. The van der Waals surface area contributed by atoms with Crippen LogP contribution >= 0.6 is 15.9 Å². The number of alkyl halides is 1. The summed E-state index contributed by atoms with van der Waals surface area (Å²) >= 11 is 3.20. The normalized spacial score (nSPS) is 18.9. The van der Waals surface area contributed by atoms with Gasteiger partial charge in [-0.15, -0.1) is 6.58 Å². The van der Waals surface area contributed by atoms with Gasteiger partial charge >= 0.3 is 0 Å². The van der Waals surface area contributed by atoms with Crippen LogP contribution in [0.5, 0.6) is 0 Å². The van der Waals surface area contributed by atoms with Gasteiger partial charge in [0.05, 0.1) is 17.0 Å². The van der Waals surface area contributed by atoms with Gasteiger partial charge in [-0.2, -0.15) is 0 Å². The largest absolute Gasteiger partial charge is 0.392 e. The van der Waals surface area contributed by atoms with Gasteiger partial charge in [-0.3, -0.25) is 0 Å². The topological polar surface area (TPSA) is 40.5 Å². The van der Waals surface area contributed by atoms with Crippen molar-refractivity contribution < 1.29 is 10.2 Å². The first-order chi connectivity index (χ1) is 5.13. The fourth-order valence-electron chi connectivity index (χ4n) is 0.813. The molecule has 66 valence electrons. The van der Waals surface area contributed by atoms with Gasteiger partial charge in [0.15, 0.2) is 0 Å². The van der Waals surface area contributed by atoms with Crippen LogP contribution in [-0.4, -0.2) is 27.2 Å². The van der Waals surface area contributed by atoms with E-state index in [9.17, 15) is 10.2 Å². The molecule has 0 saturated carbocycles. The molecule has 0 spiro atoms. The Morgan fingerprint density at radius 2 is 2.09 bits per heavy atom. The molecule has 0 aromatic rings. The maximum atomic E-state index is 9.36. The molecule has 0 amide bonds. The van der Waals surface area contributed by atoms with E-state index in [-0.39, 0.29) is 4.83 Å². The van der Waals surface area contributed by atoms with Crippen LogP contribution in [0.4, 0.5) is 0 Å². The molecular formula is C8H15BrO2. The van der Waals surface area contributed by atoms with Gasteiger partial charge < -0.3 is 10.2 Å². The maximum Gasteiger partial charge on any atom is 0.0868 e. The van der Waals surface area contributed by atoms with Crippen molar-refractivity contribution in [1.29, 1.82) is 0 Å². The van der Waals surface area contributed by atoms with Crippen LogP contribution in [0.2, 0.25) is 0 Å². The lowest BCUT2D eigenvalue weighted by molar-refractivity contribution is 0.108. The van der Waals surface area contributed by atoms with Crippen LogP contribution in [0.3, 0.4) is 0 Å². The van der Waals surface area contributed by atoms with Gasteiger partial charge in [0.1, 0.15) is 0 Å². The second-order valence-corrected chi connectivity index (χ2v) is 3.58. The minimum Gasteiger partial charge on any atom is -0.392 e. The molecule has 0 radical (unpaired) electrons. The summed E-state index contributed by atoms with van der Waals surface area (Å²) in [6, 6.07) is 0. The average molecular weight is 223 g/mol. The first kappa shape index (κ1) is 11.1. The molecule has 0 aliphatic carbocycles. The first-order valence-electron chi connectivity index (χ1n) is 3.76. The van der Waals surface area contributed by atoms with Crippen LogP contribution in [0.25, 0.3) is 0 Å². The van der Waals surface area contributed by atoms with E-state index in [1.807, 2.05) is 6.92 Å². The minimum absolute atomic E-state index is 0.292.